The summed E-state index contributed by atoms with van der Waals surface area (Å²) >= 11 is 1.26. The molecule has 6 nitrogen and oxygen atoms in total. The second kappa shape index (κ2) is 11.4. The van der Waals surface area contributed by atoms with Gasteiger partial charge in [0.1, 0.15) is 5.92 Å². The quantitative estimate of drug-likeness (QED) is 0.396. The van der Waals surface area contributed by atoms with Crippen LogP contribution in [0.25, 0.3) is 0 Å². The highest BCUT2D eigenvalue weighted by atomic mass is 32.2. The smallest absolute Gasteiger partial charge is 0.416 e. The summed E-state index contributed by atoms with van der Waals surface area (Å²) in [6.45, 7) is 4.82. The highest BCUT2D eigenvalue weighted by Gasteiger charge is 2.47. The number of carbonyl (C=O) groups is 2. The number of nitrogens with zero attached hydrogens (tertiary/aromatic N) is 1. The van der Waals surface area contributed by atoms with Crippen LogP contribution in [-0.4, -0.2) is 30.1 Å². The largest absolute Gasteiger partial charge is 0.465 e. The summed E-state index contributed by atoms with van der Waals surface area (Å²) in [6, 6.07) is 8.45. The molecule has 0 radical (unpaired) electrons. The number of nitrogens with one attached hydrogen (secondary N) is 1. The number of hydrogen-bond acceptors (Lipinski definition) is 7. The average Bonchev–Trinajstić information content (AvgIpc) is 2.82. The third-order valence-electron chi connectivity index (χ3n) is 5.32. The Balaban J connectivity index is 2.25. The molecule has 0 aliphatic carbocycles. The summed E-state index contributed by atoms with van der Waals surface area (Å²) in [7, 11) is 0. The molecule has 2 heterocycles. The minimum atomic E-state index is -4.70. The molecule has 0 saturated heterocycles. The Morgan fingerprint density at radius 1 is 1.09 bits per heavy atom. The van der Waals surface area contributed by atoms with Crippen molar-refractivity contribution in [3.63, 3.8) is 0 Å². The second-order valence-electron chi connectivity index (χ2n) is 7.55. The van der Waals surface area contributed by atoms with Crippen molar-refractivity contribution in [3.8, 4) is 0 Å². The lowest BCUT2D eigenvalue weighted by atomic mass is 9.74. The number of thioether (sulfide) groups is 1. The van der Waals surface area contributed by atoms with Crippen LogP contribution in [0.15, 0.2) is 76.1 Å². The van der Waals surface area contributed by atoms with Gasteiger partial charge in [-0.05, 0) is 49.9 Å². The third-order valence-corrected chi connectivity index (χ3v) is 6.24. The van der Waals surface area contributed by atoms with Crippen LogP contribution in [0.5, 0.6) is 0 Å². The second-order valence-corrected chi connectivity index (χ2v) is 8.49. The summed E-state index contributed by atoms with van der Waals surface area (Å²) in [5, 5.41) is 4.69. The van der Waals surface area contributed by atoms with Gasteiger partial charge in [0.15, 0.2) is 0 Å². The number of alkyl halides is 3. The lowest BCUT2D eigenvalue weighted by Crippen LogP contribution is -2.40. The molecule has 1 aromatic carbocycles. The van der Waals surface area contributed by atoms with Crippen LogP contribution >= 0.6 is 11.8 Å². The molecule has 0 unspecified atom stereocenters. The molecule has 2 atom stereocenters. The Hall–Kier alpha value is -3.27. The molecule has 1 aromatic heterocycles. The van der Waals surface area contributed by atoms with E-state index in [1.807, 2.05) is 0 Å². The lowest BCUT2D eigenvalue weighted by molar-refractivity contribution is -0.149. The standard InChI is InChI=1S/C25H25F3N2O4S/c1-4-33-23(31)20-15(3)30-19(14-35-16-10-12-29-13-11-16)22(24(32)34-5-2)21(20)17-8-6-7-9-18(17)25(26,27)28/h6-14,21-22,30H,4-5H2,1-3H3/b19-14-/t21-,22-/m1/s1. The molecule has 1 N–H and O–H groups in total. The van der Waals surface area contributed by atoms with Crippen LogP contribution in [0.1, 0.15) is 37.8 Å². The maximum absolute atomic E-state index is 14.0. The van der Waals surface area contributed by atoms with E-state index in [4.69, 9.17) is 9.47 Å². The minimum Gasteiger partial charge on any atom is -0.465 e. The molecular formula is C25H25F3N2O4S. The number of halogens is 3. The Morgan fingerprint density at radius 2 is 1.74 bits per heavy atom. The van der Waals surface area contributed by atoms with E-state index in [0.717, 1.165) is 11.0 Å². The maximum atomic E-state index is 14.0. The molecule has 0 fully saturated rings. The van der Waals surface area contributed by atoms with Gasteiger partial charge in [0.2, 0.25) is 0 Å². The molecule has 3 rings (SSSR count). The molecule has 0 spiro atoms. The minimum absolute atomic E-state index is 0.0190. The Morgan fingerprint density at radius 3 is 2.37 bits per heavy atom. The van der Waals surface area contributed by atoms with Gasteiger partial charge in [0, 0.05) is 34.6 Å². The van der Waals surface area contributed by atoms with Gasteiger partial charge in [0.05, 0.1) is 24.4 Å². The van der Waals surface area contributed by atoms with Crippen LogP contribution < -0.4 is 5.32 Å². The first-order valence-corrected chi connectivity index (χ1v) is 11.8. The van der Waals surface area contributed by atoms with Crippen molar-refractivity contribution in [1.82, 2.24) is 10.3 Å². The summed E-state index contributed by atoms with van der Waals surface area (Å²) in [5.74, 6) is -4.07. The van der Waals surface area contributed by atoms with E-state index in [9.17, 15) is 22.8 Å². The number of pyridine rings is 1. The third kappa shape index (κ3) is 6.05. The number of esters is 2. The Kier molecular flexibility index (Phi) is 8.61. The normalized spacial score (nSPS) is 19.3. The SMILES string of the molecule is CCOC(=O)C1=C(C)N/C(=C\Sc2ccncc2)[C@@H](C(=O)OCC)[C@@H]1c1ccccc1C(F)(F)F. The predicted molar refractivity (Wildman–Crippen MR) is 125 cm³/mol. The van der Waals surface area contributed by atoms with Gasteiger partial charge in [0.25, 0.3) is 0 Å². The van der Waals surface area contributed by atoms with Crippen molar-refractivity contribution in [3.05, 3.63) is 82.3 Å². The molecule has 1 aliphatic rings. The summed E-state index contributed by atoms with van der Waals surface area (Å²) in [4.78, 5) is 31.0. The maximum Gasteiger partial charge on any atom is 0.416 e. The van der Waals surface area contributed by atoms with Gasteiger partial charge in [-0.2, -0.15) is 13.2 Å². The van der Waals surface area contributed by atoms with E-state index in [1.165, 1.54) is 30.0 Å². The van der Waals surface area contributed by atoms with E-state index in [1.54, 1.807) is 50.7 Å². The Bertz CT molecular complexity index is 1130. The van der Waals surface area contributed by atoms with Gasteiger partial charge >= 0.3 is 18.1 Å². The fourth-order valence-electron chi connectivity index (χ4n) is 3.94. The number of benzene rings is 1. The fourth-order valence-corrected chi connectivity index (χ4v) is 4.69. The Labute approximate surface area is 205 Å². The van der Waals surface area contributed by atoms with Crippen LogP contribution in [0.3, 0.4) is 0 Å². The zero-order chi connectivity index (χ0) is 25.6. The molecule has 186 valence electrons. The number of hydrogen-bond donors (Lipinski definition) is 1. The molecular weight excluding hydrogens is 481 g/mol. The zero-order valence-electron chi connectivity index (χ0n) is 19.4. The summed E-state index contributed by atoms with van der Waals surface area (Å²) < 4.78 is 52.5. The summed E-state index contributed by atoms with van der Waals surface area (Å²) in [5.41, 5.74) is -0.572. The van der Waals surface area contributed by atoms with Crippen molar-refractivity contribution in [2.24, 2.45) is 5.92 Å². The molecule has 2 aromatic rings. The van der Waals surface area contributed by atoms with Crippen molar-refractivity contribution in [1.29, 1.82) is 0 Å². The first-order chi connectivity index (χ1) is 16.7. The number of allylic oxidation sites excluding steroid dienone is 1. The van der Waals surface area contributed by atoms with Crippen molar-refractivity contribution in [2.75, 3.05) is 13.2 Å². The van der Waals surface area contributed by atoms with Gasteiger partial charge in [-0.1, -0.05) is 30.0 Å². The molecule has 1 aliphatic heterocycles. The first-order valence-electron chi connectivity index (χ1n) is 10.9. The van der Waals surface area contributed by atoms with E-state index in [2.05, 4.69) is 10.3 Å². The van der Waals surface area contributed by atoms with E-state index < -0.39 is 35.5 Å². The monoisotopic (exact) mass is 506 g/mol. The predicted octanol–water partition coefficient (Wildman–Crippen LogP) is 5.44. The topological polar surface area (TPSA) is 77.5 Å². The van der Waals surface area contributed by atoms with Crippen LogP contribution in [0.2, 0.25) is 0 Å². The van der Waals surface area contributed by atoms with Crippen molar-refractivity contribution < 1.29 is 32.2 Å². The molecule has 0 amide bonds. The zero-order valence-corrected chi connectivity index (χ0v) is 20.2. The number of aromatic nitrogens is 1. The van der Waals surface area contributed by atoms with Gasteiger partial charge in [-0.3, -0.25) is 9.78 Å². The number of carbonyl (C=O) groups excluding carboxylic acids is 2. The van der Waals surface area contributed by atoms with Crippen molar-refractivity contribution >= 4 is 23.7 Å². The molecule has 10 heteroatoms. The average molecular weight is 507 g/mol. The molecule has 35 heavy (non-hydrogen) atoms. The number of rotatable bonds is 7. The van der Waals surface area contributed by atoms with Crippen molar-refractivity contribution in [2.45, 2.75) is 37.8 Å². The van der Waals surface area contributed by atoms with E-state index >= 15 is 0 Å². The molecule has 0 saturated carbocycles. The van der Waals surface area contributed by atoms with Gasteiger partial charge in [-0.25, -0.2) is 4.79 Å². The van der Waals surface area contributed by atoms with Gasteiger partial charge in [-0.15, -0.1) is 0 Å². The van der Waals surface area contributed by atoms with E-state index in [0.29, 0.717) is 11.4 Å². The van der Waals surface area contributed by atoms with Crippen LogP contribution in [0.4, 0.5) is 13.2 Å². The van der Waals surface area contributed by atoms with Crippen LogP contribution in [-0.2, 0) is 25.2 Å². The first kappa shape index (κ1) is 26.3. The summed E-state index contributed by atoms with van der Waals surface area (Å²) in [6.07, 6.45) is -1.50. The highest BCUT2D eigenvalue weighted by Crippen LogP contribution is 2.46. The lowest BCUT2D eigenvalue weighted by Gasteiger charge is -2.36. The van der Waals surface area contributed by atoms with E-state index in [-0.39, 0.29) is 24.4 Å². The molecule has 0 bridgehead atoms. The highest BCUT2D eigenvalue weighted by molar-refractivity contribution is 8.02. The van der Waals surface area contributed by atoms with Gasteiger partial charge < -0.3 is 14.8 Å². The number of ether oxygens (including phenoxy) is 2. The fraction of sp³-hybridized carbons (Fsp3) is 0.320. The van der Waals surface area contributed by atoms with Crippen LogP contribution in [0, 0.1) is 5.92 Å².